The molecule has 0 bridgehead atoms. The highest BCUT2D eigenvalue weighted by Crippen LogP contribution is 2.52. The zero-order valence-corrected chi connectivity index (χ0v) is 19.4. The zero-order valence-electron chi connectivity index (χ0n) is 19.4. The van der Waals surface area contributed by atoms with E-state index in [2.05, 4.69) is 79.7 Å². The quantitative estimate of drug-likeness (QED) is 0.656. The SMILES string of the molecule is CC1(C)OB(C(B2OC(C)(C)C(C)(C)O2)[C@H]2CCCc3ccccc32)OC1(C)C. The topological polar surface area (TPSA) is 36.9 Å². The smallest absolute Gasteiger partial charge is 0.403 e. The molecule has 0 aromatic heterocycles. The van der Waals surface area contributed by atoms with Crippen molar-refractivity contribution < 1.29 is 18.6 Å². The largest absolute Gasteiger partial charge is 0.459 e. The molecule has 0 spiro atoms. The summed E-state index contributed by atoms with van der Waals surface area (Å²) in [7, 11) is -0.739. The van der Waals surface area contributed by atoms with Crippen LogP contribution in [0.15, 0.2) is 24.3 Å². The molecule has 0 N–H and O–H groups in total. The van der Waals surface area contributed by atoms with Gasteiger partial charge in [-0.3, -0.25) is 0 Å². The van der Waals surface area contributed by atoms with E-state index in [0.717, 1.165) is 19.3 Å². The van der Waals surface area contributed by atoms with Crippen LogP contribution in [0.3, 0.4) is 0 Å². The molecule has 4 nitrogen and oxygen atoms in total. The van der Waals surface area contributed by atoms with Crippen LogP contribution < -0.4 is 0 Å². The molecule has 2 aliphatic heterocycles. The number of benzene rings is 1. The van der Waals surface area contributed by atoms with Crippen molar-refractivity contribution in [3.05, 3.63) is 35.4 Å². The molecule has 4 rings (SSSR count). The summed E-state index contributed by atoms with van der Waals surface area (Å²) in [5.74, 6) is 0.282. The van der Waals surface area contributed by atoms with Crippen LogP contribution in [-0.2, 0) is 25.0 Å². The number of hydrogen-bond acceptors (Lipinski definition) is 4. The number of aryl methyl sites for hydroxylation is 1. The van der Waals surface area contributed by atoms with Crippen molar-refractivity contribution in [2.45, 2.75) is 109 Å². The molecule has 1 aromatic rings. The highest BCUT2D eigenvalue weighted by molar-refractivity contribution is 6.68. The molecule has 0 radical (unpaired) electrons. The Hall–Kier alpha value is -0.810. The van der Waals surface area contributed by atoms with Gasteiger partial charge in [-0.2, -0.15) is 0 Å². The summed E-state index contributed by atoms with van der Waals surface area (Å²) in [4.78, 5) is 0. The van der Waals surface area contributed by atoms with E-state index in [0.29, 0.717) is 0 Å². The van der Waals surface area contributed by atoms with Crippen LogP contribution in [0.4, 0.5) is 0 Å². The van der Waals surface area contributed by atoms with E-state index in [1.165, 1.54) is 11.1 Å². The molecule has 2 fully saturated rings. The first-order valence-electron chi connectivity index (χ1n) is 11.1. The maximum Gasteiger partial charge on any atom is 0.459 e. The average molecular weight is 398 g/mol. The Morgan fingerprint density at radius 1 is 0.759 bits per heavy atom. The summed E-state index contributed by atoms with van der Waals surface area (Å²) < 4.78 is 26.2. The Bertz CT molecular complexity index is 706. The number of fused-ring (bicyclic) bond motifs is 1. The van der Waals surface area contributed by atoms with Gasteiger partial charge in [-0.25, -0.2) is 0 Å². The van der Waals surface area contributed by atoms with Gasteiger partial charge >= 0.3 is 14.2 Å². The Balaban J connectivity index is 1.74. The van der Waals surface area contributed by atoms with Crippen LogP contribution in [0.1, 0.15) is 85.3 Å². The lowest BCUT2D eigenvalue weighted by Gasteiger charge is -2.34. The Labute approximate surface area is 177 Å². The zero-order chi connectivity index (χ0) is 21.2. The number of hydrogen-bond donors (Lipinski definition) is 0. The highest BCUT2D eigenvalue weighted by Gasteiger charge is 2.63. The molecule has 29 heavy (non-hydrogen) atoms. The third-order valence-electron chi connectivity index (χ3n) is 8.05. The Morgan fingerprint density at radius 3 is 1.69 bits per heavy atom. The van der Waals surface area contributed by atoms with Crippen molar-refractivity contribution in [2.24, 2.45) is 0 Å². The number of rotatable bonds is 3. The third-order valence-corrected chi connectivity index (χ3v) is 8.05. The van der Waals surface area contributed by atoms with Gasteiger partial charge in [0.25, 0.3) is 0 Å². The van der Waals surface area contributed by atoms with Crippen molar-refractivity contribution in [1.82, 2.24) is 0 Å². The molecule has 1 aromatic carbocycles. The minimum absolute atomic E-state index is 0.0291. The predicted octanol–water partition coefficient (Wildman–Crippen LogP) is 5.20. The minimum Gasteiger partial charge on any atom is -0.403 e. The third kappa shape index (κ3) is 3.50. The van der Waals surface area contributed by atoms with Gasteiger partial charge in [-0.15, -0.1) is 0 Å². The minimum atomic E-state index is -0.381. The normalized spacial score (nSPS) is 29.3. The van der Waals surface area contributed by atoms with E-state index in [4.69, 9.17) is 18.6 Å². The van der Waals surface area contributed by atoms with Gasteiger partial charge in [0.15, 0.2) is 0 Å². The molecular formula is C23H36B2O4. The van der Waals surface area contributed by atoms with E-state index in [1.54, 1.807) is 0 Å². The van der Waals surface area contributed by atoms with Crippen LogP contribution in [0.5, 0.6) is 0 Å². The van der Waals surface area contributed by atoms with Gasteiger partial charge < -0.3 is 18.6 Å². The van der Waals surface area contributed by atoms with E-state index in [9.17, 15) is 0 Å². The molecule has 1 aliphatic carbocycles. The van der Waals surface area contributed by atoms with Crippen LogP contribution in [0.25, 0.3) is 0 Å². The summed E-state index contributed by atoms with van der Waals surface area (Å²) in [5.41, 5.74) is 1.27. The lowest BCUT2D eigenvalue weighted by Crippen LogP contribution is -2.42. The lowest BCUT2D eigenvalue weighted by atomic mass is 9.44. The maximum absolute atomic E-state index is 6.56. The summed E-state index contributed by atoms with van der Waals surface area (Å²) in [6.45, 7) is 16.9. The predicted molar refractivity (Wildman–Crippen MR) is 118 cm³/mol. The van der Waals surface area contributed by atoms with Gasteiger partial charge in [0, 0.05) is 5.72 Å². The van der Waals surface area contributed by atoms with Gasteiger partial charge in [0.2, 0.25) is 0 Å². The molecular weight excluding hydrogens is 362 g/mol. The van der Waals surface area contributed by atoms with Crippen molar-refractivity contribution in [1.29, 1.82) is 0 Å². The monoisotopic (exact) mass is 398 g/mol. The van der Waals surface area contributed by atoms with Crippen LogP contribution in [0.2, 0.25) is 5.72 Å². The van der Waals surface area contributed by atoms with Crippen LogP contribution in [-0.4, -0.2) is 36.6 Å². The first kappa shape index (κ1) is 21.4. The standard InChI is InChI=1S/C23H36B2O4/c1-20(2)21(3,4)27-24(26-20)19(25-28-22(5,6)23(7,8)29-25)18-15-11-13-16-12-9-10-14-17(16)18/h9-10,12,14,18-19H,11,13,15H2,1-8H3/t18-/m0/s1. The molecule has 6 heteroatoms. The van der Waals surface area contributed by atoms with E-state index < -0.39 is 0 Å². The second kappa shape index (κ2) is 6.85. The molecule has 0 amide bonds. The molecule has 0 unspecified atom stereocenters. The summed E-state index contributed by atoms with van der Waals surface area (Å²) in [6, 6.07) is 8.80. The van der Waals surface area contributed by atoms with Crippen molar-refractivity contribution in [3.63, 3.8) is 0 Å². The Morgan fingerprint density at radius 2 is 1.21 bits per heavy atom. The fourth-order valence-corrected chi connectivity index (χ4v) is 4.79. The van der Waals surface area contributed by atoms with Gasteiger partial charge in [-0.05, 0) is 91.7 Å². The molecule has 1 atom stereocenters. The van der Waals surface area contributed by atoms with Crippen molar-refractivity contribution in [3.8, 4) is 0 Å². The molecule has 158 valence electrons. The summed E-state index contributed by atoms with van der Waals surface area (Å²) in [6.07, 6.45) is 3.39. The lowest BCUT2D eigenvalue weighted by molar-refractivity contribution is 0.00578. The summed E-state index contributed by atoms with van der Waals surface area (Å²) in [5, 5.41) is 0. The Kier molecular flexibility index (Phi) is 5.06. The van der Waals surface area contributed by atoms with Crippen molar-refractivity contribution in [2.75, 3.05) is 0 Å². The van der Waals surface area contributed by atoms with Crippen LogP contribution >= 0.6 is 0 Å². The van der Waals surface area contributed by atoms with E-state index in [1.807, 2.05) is 0 Å². The first-order chi connectivity index (χ1) is 13.3. The van der Waals surface area contributed by atoms with Crippen molar-refractivity contribution >= 4 is 14.2 Å². The average Bonchev–Trinajstić information content (AvgIpc) is 2.94. The first-order valence-corrected chi connectivity index (χ1v) is 11.1. The van der Waals surface area contributed by atoms with Gasteiger partial charge in [0.1, 0.15) is 0 Å². The maximum atomic E-state index is 6.56. The molecule has 2 heterocycles. The fraction of sp³-hybridized carbons (Fsp3) is 0.739. The van der Waals surface area contributed by atoms with Gasteiger partial charge in [-0.1, -0.05) is 24.3 Å². The van der Waals surface area contributed by atoms with Gasteiger partial charge in [0.05, 0.1) is 22.4 Å². The molecule has 2 saturated heterocycles. The van der Waals surface area contributed by atoms with Crippen LogP contribution in [0, 0.1) is 0 Å². The second-order valence-corrected chi connectivity index (χ2v) is 11.0. The fourth-order valence-electron chi connectivity index (χ4n) is 4.79. The summed E-state index contributed by atoms with van der Waals surface area (Å²) >= 11 is 0. The molecule has 3 aliphatic rings. The van der Waals surface area contributed by atoms with E-state index >= 15 is 0 Å². The second-order valence-electron chi connectivity index (χ2n) is 11.0. The highest BCUT2D eigenvalue weighted by atomic mass is 16.7. The molecule has 0 saturated carbocycles. The van der Waals surface area contributed by atoms with E-state index in [-0.39, 0.29) is 48.3 Å².